The van der Waals surface area contributed by atoms with Gasteiger partial charge in [0.15, 0.2) is 24.6 Å². The molecule has 0 bridgehead atoms. The lowest BCUT2D eigenvalue weighted by Crippen LogP contribution is -2.66. The second-order valence-corrected chi connectivity index (χ2v) is 18.2. The molecule has 2 aliphatic heterocycles. The van der Waals surface area contributed by atoms with Gasteiger partial charge in [0.1, 0.15) is 37.6 Å². The first kappa shape index (κ1) is 54.5. The highest BCUT2D eigenvalue weighted by atomic mass is 16.8. The summed E-state index contributed by atoms with van der Waals surface area (Å²) in [5.41, 5.74) is 0.736. The first-order valence-electron chi connectivity index (χ1n) is 25.2. The second-order valence-electron chi connectivity index (χ2n) is 18.2. The predicted octanol–water partition coefficient (Wildman–Crippen LogP) is 8.93. The molecule has 0 amide bonds. The summed E-state index contributed by atoms with van der Waals surface area (Å²) in [6.07, 6.45) is -15.2. The highest BCUT2D eigenvalue weighted by Crippen LogP contribution is 2.38. The summed E-state index contributed by atoms with van der Waals surface area (Å²) in [5.74, 6) is -7.25. The van der Waals surface area contributed by atoms with Crippen molar-refractivity contribution in [3.05, 3.63) is 251 Å². The van der Waals surface area contributed by atoms with E-state index in [9.17, 15) is 33.6 Å². The molecule has 2 fully saturated rings. The predicted molar refractivity (Wildman–Crippen MR) is 279 cm³/mol. The number of rotatable bonds is 18. The summed E-state index contributed by atoms with van der Waals surface area (Å²) >= 11 is 0. The third-order valence-corrected chi connectivity index (χ3v) is 12.8. The van der Waals surface area contributed by atoms with Crippen LogP contribution in [0.5, 0.6) is 0 Å². The molecule has 17 heteroatoms. The standard InChI is InChI=1S/C62H52O17/c1-39-49(74-56(65)42-27-13-4-14-28-42)50(47(37-70-54(63)40-23-9-2-10-24-40)72-61(39)79-60(69)46-35-21-8-22-36-46)78-62-53(77-59(68)45-33-19-7-20-34-45)52(76-58(67)44-31-17-6-18-32-44)51(75-57(66)43-29-15-5-16-30-43)48(73-62)38-71-55(64)41-25-11-3-12-26-41/h2-36,39,47-53,61-62H,37-38H2,1H3/t39?,47?,48?,49?,50-,51+,52+,53?,61+,62+/m1/s1. The van der Waals surface area contributed by atoms with Gasteiger partial charge in [0.05, 0.1) is 44.9 Å². The molecule has 79 heavy (non-hydrogen) atoms. The van der Waals surface area contributed by atoms with E-state index in [1.165, 1.54) is 84.9 Å². The van der Waals surface area contributed by atoms with Crippen molar-refractivity contribution >= 4 is 41.8 Å². The molecule has 2 heterocycles. The van der Waals surface area contributed by atoms with Crippen molar-refractivity contribution in [1.82, 2.24) is 0 Å². The van der Waals surface area contributed by atoms with E-state index in [1.54, 1.807) is 134 Å². The van der Waals surface area contributed by atoms with Crippen LogP contribution in [-0.4, -0.2) is 110 Å². The van der Waals surface area contributed by atoms with E-state index in [4.69, 9.17) is 47.4 Å². The van der Waals surface area contributed by atoms with Crippen molar-refractivity contribution in [2.24, 2.45) is 5.92 Å². The molecule has 0 radical (unpaired) electrons. The van der Waals surface area contributed by atoms with Gasteiger partial charge in [-0.25, -0.2) is 33.6 Å². The SMILES string of the molecule is CC1C(OC(=O)c2ccccc2)[C@H](O[C@@H]2OC(COC(=O)c3ccccc3)[C@H](OC(=O)c3ccccc3)[C@H](OC(=O)c3ccccc3)C2OC(=O)c2ccccc2)C(COC(=O)c2ccccc2)O[C@H]1OC(=O)c1ccccc1. The van der Waals surface area contributed by atoms with Crippen LogP contribution in [0.2, 0.25) is 0 Å². The van der Waals surface area contributed by atoms with Gasteiger partial charge in [0.25, 0.3) is 0 Å². The van der Waals surface area contributed by atoms with Crippen LogP contribution in [0.15, 0.2) is 212 Å². The van der Waals surface area contributed by atoms with Crippen LogP contribution in [0.25, 0.3) is 0 Å². The van der Waals surface area contributed by atoms with E-state index in [2.05, 4.69) is 0 Å². The zero-order valence-electron chi connectivity index (χ0n) is 42.3. The highest BCUT2D eigenvalue weighted by molar-refractivity contribution is 5.93. The number of esters is 7. The molecule has 0 N–H and O–H groups in total. The summed E-state index contributed by atoms with van der Waals surface area (Å²) in [5, 5.41) is 0. The number of hydrogen-bond donors (Lipinski definition) is 0. The fourth-order valence-electron chi connectivity index (χ4n) is 8.77. The Morgan fingerprint density at radius 1 is 0.304 bits per heavy atom. The summed E-state index contributed by atoms with van der Waals surface area (Å²) in [6.45, 7) is 0.226. The third-order valence-electron chi connectivity index (χ3n) is 12.8. The largest absolute Gasteiger partial charge is 0.459 e. The van der Waals surface area contributed by atoms with Gasteiger partial charge in [0.2, 0.25) is 6.29 Å². The lowest BCUT2D eigenvalue weighted by molar-refractivity contribution is -0.346. The Hall–Kier alpha value is -9.29. The van der Waals surface area contributed by atoms with Gasteiger partial charge in [-0.05, 0) is 84.9 Å². The maximum atomic E-state index is 14.5. The second kappa shape index (κ2) is 26.2. The molecule has 10 atom stereocenters. The summed E-state index contributed by atoms with van der Waals surface area (Å²) in [4.78, 5) is 98.6. The van der Waals surface area contributed by atoms with Crippen molar-refractivity contribution in [2.75, 3.05) is 13.2 Å². The average molecular weight is 1070 g/mol. The summed E-state index contributed by atoms with van der Waals surface area (Å²) in [6, 6.07) is 55.5. The van der Waals surface area contributed by atoms with Gasteiger partial charge < -0.3 is 47.4 Å². The van der Waals surface area contributed by atoms with E-state index in [-0.39, 0.29) is 38.9 Å². The Labute approximate surface area is 453 Å². The third kappa shape index (κ3) is 13.8. The first-order chi connectivity index (χ1) is 38.5. The molecule has 402 valence electrons. The van der Waals surface area contributed by atoms with Gasteiger partial charge >= 0.3 is 41.8 Å². The van der Waals surface area contributed by atoms with Crippen molar-refractivity contribution in [2.45, 2.75) is 62.2 Å². The normalized spacial score (nSPS) is 22.4. The molecular weight excluding hydrogens is 1020 g/mol. The van der Waals surface area contributed by atoms with Crippen LogP contribution in [-0.2, 0) is 47.4 Å². The Balaban J connectivity index is 1.17. The van der Waals surface area contributed by atoms with Crippen molar-refractivity contribution in [3.8, 4) is 0 Å². The minimum absolute atomic E-state index is 0.0317. The van der Waals surface area contributed by atoms with Gasteiger partial charge in [0, 0.05) is 0 Å². The molecule has 2 aliphatic rings. The molecule has 7 aromatic rings. The molecule has 17 nitrogen and oxygen atoms in total. The van der Waals surface area contributed by atoms with Gasteiger partial charge in [-0.2, -0.15) is 0 Å². The van der Waals surface area contributed by atoms with E-state index in [1.807, 2.05) is 0 Å². The summed E-state index contributed by atoms with van der Waals surface area (Å²) in [7, 11) is 0. The minimum Gasteiger partial charge on any atom is -0.459 e. The van der Waals surface area contributed by atoms with E-state index in [0.717, 1.165) is 0 Å². The van der Waals surface area contributed by atoms with Gasteiger partial charge in [-0.3, -0.25) is 0 Å². The quantitative estimate of drug-likeness (QED) is 0.0580. The van der Waals surface area contributed by atoms with Crippen LogP contribution in [0.3, 0.4) is 0 Å². The minimum atomic E-state index is -1.96. The van der Waals surface area contributed by atoms with Crippen molar-refractivity contribution in [1.29, 1.82) is 0 Å². The van der Waals surface area contributed by atoms with E-state index in [0.29, 0.717) is 0 Å². The number of hydrogen-bond acceptors (Lipinski definition) is 17. The van der Waals surface area contributed by atoms with Crippen molar-refractivity contribution < 1.29 is 80.9 Å². The maximum Gasteiger partial charge on any atom is 0.340 e. The zero-order valence-corrected chi connectivity index (χ0v) is 42.3. The average Bonchev–Trinajstić information content (AvgIpc) is 3.59. The van der Waals surface area contributed by atoms with Crippen LogP contribution < -0.4 is 0 Å². The topological polar surface area (TPSA) is 212 Å². The van der Waals surface area contributed by atoms with Crippen LogP contribution >= 0.6 is 0 Å². The van der Waals surface area contributed by atoms with Gasteiger partial charge in [-0.1, -0.05) is 134 Å². The lowest BCUT2D eigenvalue weighted by Gasteiger charge is -2.48. The number of carbonyl (C=O) groups excluding carboxylic acids is 7. The monoisotopic (exact) mass is 1070 g/mol. The Morgan fingerprint density at radius 2 is 0.570 bits per heavy atom. The summed E-state index contributed by atoms with van der Waals surface area (Å²) < 4.78 is 63.1. The molecule has 0 aliphatic carbocycles. The van der Waals surface area contributed by atoms with Crippen LogP contribution in [0.4, 0.5) is 0 Å². The molecule has 0 spiro atoms. The first-order valence-corrected chi connectivity index (χ1v) is 25.2. The molecule has 7 aromatic carbocycles. The number of ether oxygens (including phenoxy) is 10. The fraction of sp³-hybridized carbons (Fsp3) is 0.210. The Bertz CT molecular complexity index is 3170. The van der Waals surface area contributed by atoms with E-state index >= 15 is 0 Å². The smallest absolute Gasteiger partial charge is 0.340 e. The zero-order chi connectivity index (χ0) is 55.1. The molecule has 2 saturated heterocycles. The molecule has 0 aromatic heterocycles. The maximum absolute atomic E-state index is 14.5. The Morgan fingerprint density at radius 3 is 0.924 bits per heavy atom. The van der Waals surface area contributed by atoms with Crippen LogP contribution in [0.1, 0.15) is 79.4 Å². The number of carbonyl (C=O) groups is 7. The molecule has 0 saturated carbocycles. The molecule has 9 rings (SSSR count). The Kier molecular flexibility index (Phi) is 18.1. The van der Waals surface area contributed by atoms with Crippen molar-refractivity contribution in [3.63, 3.8) is 0 Å². The molecular formula is C62H52O17. The number of benzene rings is 7. The van der Waals surface area contributed by atoms with E-state index < -0.39 is 116 Å². The molecule has 5 unspecified atom stereocenters. The fourth-order valence-corrected chi connectivity index (χ4v) is 8.77. The van der Waals surface area contributed by atoms with Crippen LogP contribution in [0, 0.1) is 5.92 Å². The lowest BCUT2D eigenvalue weighted by atomic mass is 9.91. The van der Waals surface area contributed by atoms with Gasteiger partial charge in [-0.15, -0.1) is 0 Å². The highest BCUT2D eigenvalue weighted by Gasteiger charge is 2.57.